The van der Waals surface area contributed by atoms with Gasteiger partial charge in [-0.2, -0.15) is 0 Å². The molecule has 3 aromatic heterocycles. The van der Waals surface area contributed by atoms with Crippen molar-refractivity contribution in [2.75, 3.05) is 36.4 Å². The minimum Gasteiger partial charge on any atom is -0.381 e. The van der Waals surface area contributed by atoms with Crippen LogP contribution in [0.25, 0.3) is 11.0 Å². The number of aromatic amines is 1. The highest BCUT2D eigenvalue weighted by atomic mass is 16.2. The van der Waals surface area contributed by atoms with Gasteiger partial charge in [0, 0.05) is 68.7 Å². The molecule has 1 atom stereocenters. The molecule has 5 amide bonds. The lowest BCUT2D eigenvalue weighted by atomic mass is 9.86. The smallest absolute Gasteiger partial charge is 0.270 e. The quantitative estimate of drug-likeness (QED) is 0.185. The van der Waals surface area contributed by atoms with Crippen molar-refractivity contribution in [3.05, 3.63) is 93.2 Å². The summed E-state index contributed by atoms with van der Waals surface area (Å²) in [5.41, 5.74) is 5.46. The van der Waals surface area contributed by atoms with E-state index in [1.807, 2.05) is 31.3 Å². The first kappa shape index (κ1) is 34.1. The van der Waals surface area contributed by atoms with E-state index in [2.05, 4.69) is 40.7 Å². The Labute approximate surface area is 304 Å². The van der Waals surface area contributed by atoms with Gasteiger partial charge in [0.05, 0.1) is 34.0 Å². The molecule has 0 bridgehead atoms. The summed E-state index contributed by atoms with van der Waals surface area (Å²) < 4.78 is 0. The third-order valence-corrected chi connectivity index (χ3v) is 10.6. The second-order valence-corrected chi connectivity index (χ2v) is 14.1. The zero-order valence-corrected chi connectivity index (χ0v) is 29.2. The number of amides is 5. The Balaban J connectivity index is 0.808. The van der Waals surface area contributed by atoms with Gasteiger partial charge in [0.2, 0.25) is 11.8 Å². The fourth-order valence-corrected chi connectivity index (χ4v) is 7.61. The van der Waals surface area contributed by atoms with Crippen molar-refractivity contribution >= 4 is 51.9 Å². The van der Waals surface area contributed by atoms with E-state index in [1.165, 1.54) is 0 Å². The molecule has 0 radical (unpaired) electrons. The Bertz CT molecular complexity index is 2210. The number of hydrogen-bond donors (Lipinski definition) is 4. The molecule has 4 aliphatic rings. The van der Waals surface area contributed by atoms with Crippen LogP contribution in [0.2, 0.25) is 0 Å². The monoisotopic (exact) mass is 717 g/mol. The molecule has 6 heterocycles. The van der Waals surface area contributed by atoms with Gasteiger partial charge in [-0.05, 0) is 67.6 Å². The van der Waals surface area contributed by atoms with Crippen molar-refractivity contribution in [2.24, 2.45) is 0 Å². The van der Waals surface area contributed by atoms with E-state index in [0.717, 1.165) is 65.5 Å². The zero-order valence-electron chi connectivity index (χ0n) is 29.2. The van der Waals surface area contributed by atoms with Gasteiger partial charge in [0.1, 0.15) is 11.7 Å². The van der Waals surface area contributed by atoms with Crippen molar-refractivity contribution in [3.8, 4) is 0 Å². The van der Waals surface area contributed by atoms with Crippen molar-refractivity contribution in [1.82, 2.24) is 35.4 Å². The summed E-state index contributed by atoms with van der Waals surface area (Å²) in [6.45, 7) is 5.99. The first-order valence-electron chi connectivity index (χ1n) is 18.0. The average Bonchev–Trinajstić information content (AvgIpc) is 3.40. The molecule has 4 aromatic rings. The number of aryl methyl sites for hydroxylation is 1. The lowest BCUT2D eigenvalue weighted by molar-refractivity contribution is -0.136. The normalized spacial score (nSPS) is 21.7. The van der Waals surface area contributed by atoms with Crippen LogP contribution in [0.3, 0.4) is 0 Å². The predicted octanol–water partition coefficient (Wildman–Crippen LogP) is 1.98. The number of fused-ring (bicyclic) bond motifs is 2. The average molecular weight is 718 g/mol. The summed E-state index contributed by atoms with van der Waals surface area (Å²) in [5, 5.41) is 8.59. The SMILES string of the molecule is CCc1cc2ncc(CN3CCN(c4ccc(C(=O)NC5CC(Nc6cccc7c6C(=O)N([C@@H]6CCC(=O)NC6=O)C7=O)C5)nc4)CC3)cc2[nH]c1=O. The van der Waals surface area contributed by atoms with E-state index in [0.29, 0.717) is 30.6 Å². The van der Waals surface area contributed by atoms with Crippen LogP contribution in [-0.2, 0) is 22.6 Å². The number of anilines is 2. The highest BCUT2D eigenvalue weighted by molar-refractivity contribution is 6.25. The van der Waals surface area contributed by atoms with Crippen molar-refractivity contribution in [1.29, 1.82) is 0 Å². The molecular weight excluding hydrogens is 678 g/mol. The number of aromatic nitrogens is 3. The number of H-pyrrole nitrogens is 1. The first-order valence-corrected chi connectivity index (χ1v) is 18.0. The molecule has 8 rings (SSSR count). The number of benzene rings is 1. The molecule has 272 valence electrons. The molecule has 0 spiro atoms. The van der Waals surface area contributed by atoms with Gasteiger partial charge in [-0.3, -0.25) is 48.9 Å². The summed E-state index contributed by atoms with van der Waals surface area (Å²) in [5.74, 6) is -2.45. The number of piperazine rings is 1. The number of imide groups is 2. The fraction of sp³-hybridized carbons (Fsp3) is 0.368. The third-order valence-electron chi connectivity index (χ3n) is 10.6. The molecule has 0 unspecified atom stereocenters. The van der Waals surface area contributed by atoms with Crippen LogP contribution in [0.15, 0.2) is 59.7 Å². The second kappa shape index (κ2) is 13.9. The van der Waals surface area contributed by atoms with E-state index in [-0.39, 0.29) is 47.5 Å². The van der Waals surface area contributed by atoms with Gasteiger partial charge in [0.15, 0.2) is 0 Å². The standard InChI is InChI=1S/C38H39N9O6/c1-2-22-15-29-30(43-34(22)49)14-21(18-39-29)20-45-10-12-46(13-11-45)25-6-7-28(40-19-25)35(50)42-24-16-23(17-24)41-27-5-3-4-26-33(27)38(53)47(37(26)52)31-8-9-32(48)44-36(31)51/h3-7,14-15,18-19,23-24,31,41H,2,8-13,16-17,20H2,1H3,(H,42,50)(H,43,49)(H,44,48,51)/t23?,24?,31-/m1/s1. The van der Waals surface area contributed by atoms with Crippen LogP contribution in [0.4, 0.5) is 11.4 Å². The van der Waals surface area contributed by atoms with Crippen molar-refractivity contribution in [3.63, 3.8) is 0 Å². The van der Waals surface area contributed by atoms with Crippen LogP contribution < -0.4 is 26.4 Å². The second-order valence-electron chi connectivity index (χ2n) is 14.1. The Hall–Kier alpha value is -5.96. The van der Waals surface area contributed by atoms with Crippen molar-refractivity contribution in [2.45, 2.75) is 63.7 Å². The predicted molar refractivity (Wildman–Crippen MR) is 194 cm³/mol. The highest BCUT2D eigenvalue weighted by Crippen LogP contribution is 2.34. The van der Waals surface area contributed by atoms with E-state index in [4.69, 9.17) is 0 Å². The van der Waals surface area contributed by atoms with Gasteiger partial charge >= 0.3 is 0 Å². The number of carbonyl (C=O) groups is 5. The third kappa shape index (κ3) is 6.63. The number of pyridine rings is 3. The Morgan fingerprint density at radius 2 is 1.74 bits per heavy atom. The summed E-state index contributed by atoms with van der Waals surface area (Å²) in [6, 6.07) is 11.3. The summed E-state index contributed by atoms with van der Waals surface area (Å²) in [7, 11) is 0. The highest BCUT2D eigenvalue weighted by Gasteiger charge is 2.46. The summed E-state index contributed by atoms with van der Waals surface area (Å²) in [4.78, 5) is 93.4. The molecule has 4 N–H and O–H groups in total. The van der Waals surface area contributed by atoms with Gasteiger partial charge in [-0.1, -0.05) is 13.0 Å². The lowest BCUT2D eigenvalue weighted by Gasteiger charge is -2.37. The molecule has 1 saturated carbocycles. The van der Waals surface area contributed by atoms with E-state index < -0.39 is 29.7 Å². The number of piperidine rings is 1. The van der Waals surface area contributed by atoms with E-state index in [1.54, 1.807) is 30.5 Å². The minimum atomic E-state index is -1.03. The molecule has 3 fully saturated rings. The van der Waals surface area contributed by atoms with E-state index in [9.17, 15) is 28.8 Å². The van der Waals surface area contributed by atoms with Crippen LogP contribution in [-0.4, -0.2) is 98.6 Å². The van der Waals surface area contributed by atoms with E-state index >= 15 is 0 Å². The van der Waals surface area contributed by atoms with Gasteiger partial charge in [-0.15, -0.1) is 0 Å². The minimum absolute atomic E-state index is 0.0381. The van der Waals surface area contributed by atoms with Gasteiger partial charge < -0.3 is 20.5 Å². The van der Waals surface area contributed by atoms with Crippen molar-refractivity contribution < 1.29 is 24.0 Å². The molecular formula is C38H39N9O6. The zero-order chi connectivity index (χ0) is 36.8. The molecule has 1 aromatic carbocycles. The Morgan fingerprint density at radius 3 is 2.47 bits per heavy atom. The number of hydrogen-bond acceptors (Lipinski definition) is 11. The van der Waals surface area contributed by atoms with Crippen LogP contribution in [0.5, 0.6) is 0 Å². The van der Waals surface area contributed by atoms with Crippen LogP contribution in [0.1, 0.15) is 74.9 Å². The topological polar surface area (TPSA) is 190 Å². The van der Waals surface area contributed by atoms with Crippen LogP contribution in [0, 0.1) is 0 Å². The number of rotatable bonds is 9. The Morgan fingerprint density at radius 1 is 0.925 bits per heavy atom. The molecule has 15 nitrogen and oxygen atoms in total. The molecule has 53 heavy (non-hydrogen) atoms. The molecule has 15 heteroatoms. The fourth-order valence-electron chi connectivity index (χ4n) is 7.61. The first-order chi connectivity index (χ1) is 25.6. The molecule has 3 aliphatic heterocycles. The maximum Gasteiger partial charge on any atom is 0.270 e. The Kier molecular flexibility index (Phi) is 8.94. The summed E-state index contributed by atoms with van der Waals surface area (Å²) >= 11 is 0. The van der Waals surface area contributed by atoms with Gasteiger partial charge in [0.25, 0.3) is 23.3 Å². The maximum absolute atomic E-state index is 13.4. The largest absolute Gasteiger partial charge is 0.381 e. The molecule has 2 saturated heterocycles. The number of carbonyl (C=O) groups excluding carboxylic acids is 5. The maximum atomic E-state index is 13.4. The summed E-state index contributed by atoms with van der Waals surface area (Å²) in [6.07, 6.45) is 5.65. The molecule has 1 aliphatic carbocycles. The lowest BCUT2D eigenvalue weighted by Crippen LogP contribution is -2.54. The number of nitrogens with one attached hydrogen (secondary N) is 4. The van der Waals surface area contributed by atoms with Crippen LogP contribution >= 0.6 is 0 Å². The van der Waals surface area contributed by atoms with Gasteiger partial charge in [-0.25, -0.2) is 4.98 Å². The number of nitrogens with zero attached hydrogens (tertiary/aromatic N) is 5.